The van der Waals surface area contributed by atoms with Gasteiger partial charge >= 0.3 is 12.4 Å². The summed E-state index contributed by atoms with van der Waals surface area (Å²) in [4.78, 5) is 17.7. The summed E-state index contributed by atoms with van der Waals surface area (Å²) in [5.74, 6) is -0.741. The maximum absolute atomic E-state index is 14.2. The first-order valence-electron chi connectivity index (χ1n) is 9.88. The average Bonchev–Trinajstić information content (AvgIpc) is 3.38. The van der Waals surface area contributed by atoms with Gasteiger partial charge in [0, 0.05) is 5.56 Å². The number of aryl methyl sites for hydroxylation is 1. The average molecular weight is 599 g/mol. The molecule has 1 aromatic carbocycles. The normalized spacial score (nSPS) is 19.1. The predicted molar refractivity (Wildman–Crippen MR) is 123 cm³/mol. The standard InChI is InChI=1S/C20H16Cl3F6N3O3S/c1-8-2-13(36-16(8)17(34)30-6-14(33)31-7-19(24,25)26)12-5-18(35-32-12,20(27,28)29)9-3-10(21)15(23)11(22)4-9/h2-4,14,31,33H,5-7H2,1H3,(H,30,34)/t14?,18-/m0/s1. The van der Waals surface area contributed by atoms with E-state index in [9.17, 15) is 36.2 Å². The van der Waals surface area contributed by atoms with Crippen LogP contribution >= 0.6 is 46.1 Å². The van der Waals surface area contributed by atoms with Crippen LogP contribution in [0, 0.1) is 6.92 Å². The molecule has 1 amide bonds. The van der Waals surface area contributed by atoms with E-state index >= 15 is 0 Å². The van der Waals surface area contributed by atoms with Crippen LogP contribution in [0.2, 0.25) is 15.1 Å². The molecule has 1 unspecified atom stereocenters. The Balaban J connectivity index is 1.78. The second kappa shape index (κ2) is 10.5. The Morgan fingerprint density at radius 2 is 1.81 bits per heavy atom. The molecule has 0 spiro atoms. The van der Waals surface area contributed by atoms with Crippen LogP contribution in [0.3, 0.4) is 0 Å². The summed E-state index contributed by atoms with van der Waals surface area (Å²) in [5, 5.41) is 16.7. The maximum Gasteiger partial charge on any atom is 0.435 e. The quantitative estimate of drug-likeness (QED) is 0.214. The van der Waals surface area contributed by atoms with Gasteiger partial charge in [-0.3, -0.25) is 10.1 Å². The number of nitrogens with one attached hydrogen (secondary N) is 2. The molecule has 16 heteroatoms. The molecule has 0 aliphatic carbocycles. The van der Waals surface area contributed by atoms with Crippen molar-refractivity contribution < 1.29 is 41.1 Å². The summed E-state index contributed by atoms with van der Waals surface area (Å²) in [6.45, 7) is -0.489. The maximum atomic E-state index is 14.2. The molecule has 0 saturated carbocycles. The van der Waals surface area contributed by atoms with E-state index in [4.69, 9.17) is 39.6 Å². The molecule has 0 bridgehead atoms. The molecule has 0 fully saturated rings. The third kappa shape index (κ3) is 6.20. The second-order valence-electron chi connectivity index (χ2n) is 7.73. The largest absolute Gasteiger partial charge is 0.435 e. The highest BCUT2D eigenvalue weighted by Crippen LogP contribution is 2.51. The lowest BCUT2D eigenvalue weighted by Gasteiger charge is -2.29. The minimum absolute atomic E-state index is 0.0674. The molecule has 1 aromatic heterocycles. The van der Waals surface area contributed by atoms with Gasteiger partial charge in [-0.25, -0.2) is 0 Å². The van der Waals surface area contributed by atoms with E-state index in [0.29, 0.717) is 5.56 Å². The molecule has 2 aromatic rings. The van der Waals surface area contributed by atoms with Crippen LogP contribution in [0.4, 0.5) is 26.3 Å². The number of carbonyl (C=O) groups is 1. The zero-order valence-corrected chi connectivity index (χ0v) is 21.0. The highest BCUT2D eigenvalue weighted by molar-refractivity contribution is 7.16. The van der Waals surface area contributed by atoms with Crippen LogP contribution in [-0.2, 0) is 10.4 Å². The van der Waals surface area contributed by atoms with Gasteiger partial charge in [0.1, 0.15) is 11.9 Å². The van der Waals surface area contributed by atoms with Gasteiger partial charge in [0.05, 0.1) is 44.3 Å². The van der Waals surface area contributed by atoms with Crippen molar-refractivity contribution in [2.75, 3.05) is 13.1 Å². The molecule has 2 heterocycles. The number of thiophene rings is 1. The van der Waals surface area contributed by atoms with E-state index in [1.165, 1.54) is 13.0 Å². The second-order valence-corrected chi connectivity index (χ2v) is 9.97. The third-order valence-electron chi connectivity index (χ3n) is 5.04. The first-order valence-corrected chi connectivity index (χ1v) is 11.8. The number of halogens is 9. The number of hydrogen-bond donors (Lipinski definition) is 3. The number of alkyl halides is 6. The molecular weight excluding hydrogens is 583 g/mol. The molecule has 0 saturated heterocycles. The molecule has 1 aliphatic heterocycles. The minimum Gasteiger partial charge on any atom is -0.377 e. The molecule has 198 valence electrons. The minimum atomic E-state index is -4.94. The van der Waals surface area contributed by atoms with Crippen molar-refractivity contribution in [1.29, 1.82) is 0 Å². The summed E-state index contributed by atoms with van der Waals surface area (Å²) >= 11 is 18.5. The predicted octanol–water partition coefficient (Wildman–Crippen LogP) is 5.80. The molecular formula is C20H16Cl3F6N3O3S. The van der Waals surface area contributed by atoms with E-state index in [1.807, 2.05) is 0 Å². The lowest BCUT2D eigenvalue weighted by molar-refractivity contribution is -0.275. The topological polar surface area (TPSA) is 83.0 Å². The van der Waals surface area contributed by atoms with E-state index in [0.717, 1.165) is 23.5 Å². The van der Waals surface area contributed by atoms with Gasteiger partial charge in [-0.05, 0) is 30.7 Å². The highest BCUT2D eigenvalue weighted by Gasteiger charge is 2.62. The zero-order chi connectivity index (χ0) is 27.1. The fourth-order valence-electron chi connectivity index (χ4n) is 3.25. The van der Waals surface area contributed by atoms with Crippen LogP contribution < -0.4 is 10.6 Å². The van der Waals surface area contributed by atoms with Crippen LogP contribution in [0.5, 0.6) is 0 Å². The fourth-order valence-corrected chi connectivity index (χ4v) is 4.91. The van der Waals surface area contributed by atoms with Crippen molar-refractivity contribution in [2.45, 2.75) is 37.5 Å². The Labute approximate surface area is 219 Å². The first kappa shape index (κ1) is 28.8. The monoisotopic (exact) mass is 597 g/mol. The fraction of sp³-hybridized carbons (Fsp3) is 0.400. The Hall–Kier alpha value is -1.77. The molecule has 3 rings (SSSR count). The molecule has 6 nitrogen and oxygen atoms in total. The number of carbonyl (C=O) groups excluding carboxylic acids is 1. The lowest BCUT2D eigenvalue weighted by atomic mass is 9.88. The van der Waals surface area contributed by atoms with Gasteiger partial charge in [-0.2, -0.15) is 26.3 Å². The van der Waals surface area contributed by atoms with Crippen molar-refractivity contribution >= 4 is 57.8 Å². The number of oxime groups is 1. The zero-order valence-electron chi connectivity index (χ0n) is 18.0. The van der Waals surface area contributed by atoms with Crippen LogP contribution in [0.25, 0.3) is 0 Å². The summed E-state index contributed by atoms with van der Waals surface area (Å²) in [5.41, 5.74) is -3.06. The number of nitrogens with zero attached hydrogens (tertiary/aromatic N) is 1. The molecule has 3 N–H and O–H groups in total. The van der Waals surface area contributed by atoms with Crippen molar-refractivity contribution in [2.24, 2.45) is 5.16 Å². The summed E-state index contributed by atoms with van der Waals surface area (Å²) in [6.07, 6.45) is -11.9. The SMILES string of the molecule is Cc1cc(C2=NO[C@@](c3cc(Cl)c(Cl)c(Cl)c3)(C(F)(F)F)C2)sc1C(=O)NCC(O)NCC(F)(F)F. The number of aliphatic hydroxyl groups excluding tert-OH is 1. The van der Waals surface area contributed by atoms with Gasteiger partial charge < -0.3 is 15.3 Å². The number of hydrogen-bond acceptors (Lipinski definition) is 6. The van der Waals surface area contributed by atoms with Gasteiger partial charge in [0.2, 0.25) is 0 Å². The van der Waals surface area contributed by atoms with E-state index in [-0.39, 0.29) is 30.5 Å². The number of amides is 1. The highest BCUT2D eigenvalue weighted by atomic mass is 35.5. The number of rotatable bonds is 7. The Morgan fingerprint density at radius 1 is 1.19 bits per heavy atom. The van der Waals surface area contributed by atoms with Gasteiger partial charge in [0.15, 0.2) is 0 Å². The van der Waals surface area contributed by atoms with Crippen LogP contribution in [0.1, 0.15) is 32.1 Å². The summed E-state index contributed by atoms with van der Waals surface area (Å²) in [6, 6.07) is 3.39. The summed E-state index contributed by atoms with van der Waals surface area (Å²) < 4.78 is 79.2. The van der Waals surface area contributed by atoms with Crippen LogP contribution in [-0.4, -0.2) is 48.4 Å². The van der Waals surface area contributed by atoms with Gasteiger partial charge in [-0.15, -0.1) is 11.3 Å². The number of benzene rings is 1. The van der Waals surface area contributed by atoms with E-state index in [1.54, 1.807) is 5.32 Å². The molecule has 36 heavy (non-hydrogen) atoms. The molecule has 0 radical (unpaired) electrons. The lowest BCUT2D eigenvalue weighted by Crippen LogP contribution is -2.44. The molecule has 1 aliphatic rings. The van der Waals surface area contributed by atoms with E-state index in [2.05, 4.69) is 10.5 Å². The van der Waals surface area contributed by atoms with Crippen molar-refractivity contribution in [3.05, 3.63) is 54.1 Å². The van der Waals surface area contributed by atoms with Crippen LogP contribution in [0.15, 0.2) is 23.4 Å². The third-order valence-corrected chi connectivity index (χ3v) is 7.52. The molecule has 2 atom stereocenters. The van der Waals surface area contributed by atoms with Gasteiger partial charge in [-0.1, -0.05) is 40.0 Å². The van der Waals surface area contributed by atoms with Crippen molar-refractivity contribution in [3.8, 4) is 0 Å². The van der Waals surface area contributed by atoms with Gasteiger partial charge in [0.25, 0.3) is 11.5 Å². The van der Waals surface area contributed by atoms with Crippen molar-refractivity contribution in [1.82, 2.24) is 10.6 Å². The van der Waals surface area contributed by atoms with E-state index < -0.39 is 55.2 Å². The van der Waals surface area contributed by atoms with Crippen molar-refractivity contribution in [3.63, 3.8) is 0 Å². The Morgan fingerprint density at radius 3 is 2.36 bits per heavy atom. The Kier molecular flexibility index (Phi) is 8.43. The Bertz CT molecular complexity index is 1160. The first-order chi connectivity index (χ1) is 16.5. The summed E-state index contributed by atoms with van der Waals surface area (Å²) in [7, 11) is 0. The number of aliphatic hydroxyl groups is 1. The smallest absolute Gasteiger partial charge is 0.377 e.